The van der Waals surface area contributed by atoms with E-state index in [0.717, 1.165) is 41.9 Å². The van der Waals surface area contributed by atoms with Gasteiger partial charge in [-0.2, -0.15) is 0 Å². The summed E-state index contributed by atoms with van der Waals surface area (Å²) in [6.07, 6.45) is 5.82. The minimum absolute atomic E-state index is 0.0324. The smallest absolute Gasteiger partial charge is 0.254 e. The third-order valence-electron chi connectivity index (χ3n) is 4.47. The number of thiophene rings is 1. The maximum absolute atomic E-state index is 12.4. The van der Waals surface area contributed by atoms with Gasteiger partial charge in [-0.05, 0) is 43.4 Å². The maximum Gasteiger partial charge on any atom is 0.254 e. The summed E-state index contributed by atoms with van der Waals surface area (Å²) in [4.78, 5) is 27.2. The van der Waals surface area contributed by atoms with Crippen LogP contribution in [0.15, 0.2) is 35.2 Å². The van der Waals surface area contributed by atoms with Crippen LogP contribution in [0, 0.1) is 0 Å². The molecule has 0 bridgehead atoms. The first-order chi connectivity index (χ1) is 12.7. The van der Waals surface area contributed by atoms with Crippen LogP contribution in [0.2, 0.25) is 0 Å². The van der Waals surface area contributed by atoms with E-state index in [1.54, 1.807) is 30.1 Å². The zero-order valence-electron chi connectivity index (χ0n) is 15.0. The third kappa shape index (κ3) is 4.68. The number of aryl methyl sites for hydroxylation is 1. The van der Waals surface area contributed by atoms with Gasteiger partial charge in [-0.1, -0.05) is 24.6 Å². The van der Waals surface area contributed by atoms with Gasteiger partial charge >= 0.3 is 0 Å². The Kier molecular flexibility index (Phi) is 6.74. The van der Waals surface area contributed by atoms with E-state index in [-0.39, 0.29) is 11.8 Å². The third-order valence-corrected chi connectivity index (χ3v) is 6.69. The molecule has 1 aromatic carbocycles. The fourth-order valence-electron chi connectivity index (χ4n) is 3.16. The van der Waals surface area contributed by atoms with E-state index < -0.39 is 0 Å². The minimum Gasteiger partial charge on any atom is -0.355 e. The van der Waals surface area contributed by atoms with Crippen LogP contribution in [0.25, 0.3) is 0 Å². The number of carbonyl (C=O) groups is 2. The van der Waals surface area contributed by atoms with Gasteiger partial charge in [0, 0.05) is 29.0 Å². The van der Waals surface area contributed by atoms with Gasteiger partial charge in [-0.3, -0.25) is 9.59 Å². The van der Waals surface area contributed by atoms with Crippen molar-refractivity contribution in [3.8, 4) is 0 Å². The molecule has 2 N–H and O–H groups in total. The van der Waals surface area contributed by atoms with Gasteiger partial charge in [0.1, 0.15) is 5.00 Å². The van der Waals surface area contributed by atoms with E-state index in [1.165, 1.54) is 11.3 Å². The van der Waals surface area contributed by atoms with Gasteiger partial charge in [-0.15, -0.1) is 23.1 Å². The van der Waals surface area contributed by atoms with Crippen molar-refractivity contribution in [2.75, 3.05) is 18.1 Å². The average molecular weight is 389 g/mol. The molecule has 1 aliphatic rings. The Labute approximate surface area is 162 Å². The SMILES string of the molecule is CNC(=O)c1c(NC(=O)CCSc2ccccc2)sc2c1CCCCC2. The number of hydrogen-bond donors (Lipinski definition) is 2. The molecular weight excluding hydrogens is 364 g/mol. The molecule has 6 heteroatoms. The molecule has 0 radical (unpaired) electrons. The Balaban J connectivity index is 1.66. The molecule has 1 aromatic heterocycles. The monoisotopic (exact) mass is 388 g/mol. The molecule has 0 aliphatic heterocycles. The second kappa shape index (κ2) is 9.24. The maximum atomic E-state index is 12.4. The van der Waals surface area contributed by atoms with E-state index in [1.807, 2.05) is 30.3 Å². The van der Waals surface area contributed by atoms with Crippen molar-refractivity contribution >= 4 is 39.9 Å². The molecule has 0 saturated carbocycles. The fourth-order valence-corrected chi connectivity index (χ4v) is 5.34. The molecule has 0 spiro atoms. The molecule has 1 heterocycles. The highest BCUT2D eigenvalue weighted by Crippen LogP contribution is 2.37. The molecule has 3 rings (SSSR count). The highest BCUT2D eigenvalue weighted by Gasteiger charge is 2.24. The summed E-state index contributed by atoms with van der Waals surface area (Å²) < 4.78 is 0. The van der Waals surface area contributed by atoms with Crippen molar-refractivity contribution in [2.24, 2.45) is 0 Å². The van der Waals surface area contributed by atoms with Crippen LogP contribution in [0.1, 0.15) is 46.5 Å². The van der Waals surface area contributed by atoms with Crippen LogP contribution in [0.5, 0.6) is 0 Å². The van der Waals surface area contributed by atoms with Crippen LogP contribution in [0.3, 0.4) is 0 Å². The van der Waals surface area contributed by atoms with Crippen LogP contribution < -0.4 is 10.6 Å². The zero-order chi connectivity index (χ0) is 18.4. The van der Waals surface area contributed by atoms with Crippen LogP contribution in [-0.2, 0) is 17.6 Å². The van der Waals surface area contributed by atoms with Gasteiger partial charge in [0.15, 0.2) is 0 Å². The van der Waals surface area contributed by atoms with Crippen molar-refractivity contribution in [1.29, 1.82) is 0 Å². The molecule has 0 unspecified atom stereocenters. The molecular formula is C20H24N2O2S2. The Morgan fingerprint density at radius 1 is 1.12 bits per heavy atom. The Hall–Kier alpha value is -1.79. The molecule has 0 atom stereocenters. The van der Waals surface area contributed by atoms with E-state index in [0.29, 0.717) is 17.0 Å². The number of hydrogen-bond acceptors (Lipinski definition) is 4. The predicted molar refractivity (Wildman–Crippen MR) is 109 cm³/mol. The second-order valence-electron chi connectivity index (χ2n) is 6.31. The number of thioether (sulfide) groups is 1. The number of fused-ring (bicyclic) bond motifs is 1. The van der Waals surface area contributed by atoms with Gasteiger partial charge < -0.3 is 10.6 Å². The Morgan fingerprint density at radius 3 is 2.65 bits per heavy atom. The highest BCUT2D eigenvalue weighted by molar-refractivity contribution is 7.99. The number of rotatable bonds is 6. The van der Waals surface area contributed by atoms with Crippen molar-refractivity contribution in [1.82, 2.24) is 5.32 Å². The summed E-state index contributed by atoms with van der Waals surface area (Å²) >= 11 is 3.25. The lowest BCUT2D eigenvalue weighted by molar-refractivity contribution is -0.115. The topological polar surface area (TPSA) is 58.2 Å². The first-order valence-electron chi connectivity index (χ1n) is 9.03. The van der Waals surface area contributed by atoms with Crippen molar-refractivity contribution in [3.05, 3.63) is 46.3 Å². The van der Waals surface area contributed by atoms with Gasteiger partial charge in [0.2, 0.25) is 5.91 Å². The largest absolute Gasteiger partial charge is 0.355 e. The molecule has 1 aliphatic carbocycles. The molecule has 2 aromatic rings. The first kappa shape index (κ1) is 19.0. The van der Waals surface area contributed by atoms with Crippen molar-refractivity contribution in [2.45, 2.75) is 43.4 Å². The number of nitrogens with one attached hydrogen (secondary N) is 2. The summed E-state index contributed by atoms with van der Waals surface area (Å²) in [5, 5.41) is 6.44. The fraction of sp³-hybridized carbons (Fsp3) is 0.400. The lowest BCUT2D eigenvalue weighted by Crippen LogP contribution is -2.21. The normalized spacial score (nSPS) is 13.6. The number of benzene rings is 1. The van der Waals surface area contributed by atoms with E-state index in [2.05, 4.69) is 10.6 Å². The van der Waals surface area contributed by atoms with Gasteiger partial charge in [-0.25, -0.2) is 0 Å². The van der Waals surface area contributed by atoms with Crippen molar-refractivity contribution in [3.63, 3.8) is 0 Å². The molecule has 138 valence electrons. The first-order valence-corrected chi connectivity index (χ1v) is 10.8. The molecule has 0 saturated heterocycles. The van der Waals surface area contributed by atoms with Crippen LogP contribution in [0.4, 0.5) is 5.00 Å². The zero-order valence-corrected chi connectivity index (χ0v) is 16.6. The minimum atomic E-state index is -0.0987. The lowest BCUT2D eigenvalue weighted by atomic mass is 10.0. The number of anilines is 1. The Morgan fingerprint density at radius 2 is 1.88 bits per heavy atom. The van der Waals surface area contributed by atoms with E-state index in [4.69, 9.17) is 0 Å². The van der Waals surface area contributed by atoms with Gasteiger partial charge in [0.05, 0.1) is 5.56 Å². The molecule has 4 nitrogen and oxygen atoms in total. The average Bonchev–Trinajstić information content (AvgIpc) is 2.83. The molecule has 2 amide bonds. The highest BCUT2D eigenvalue weighted by atomic mass is 32.2. The van der Waals surface area contributed by atoms with Gasteiger partial charge in [0.25, 0.3) is 5.91 Å². The van der Waals surface area contributed by atoms with Crippen LogP contribution in [-0.4, -0.2) is 24.6 Å². The summed E-state index contributed by atoms with van der Waals surface area (Å²) in [6, 6.07) is 10.1. The predicted octanol–water partition coefficient (Wildman–Crippen LogP) is 4.50. The lowest BCUT2D eigenvalue weighted by Gasteiger charge is -2.08. The summed E-state index contributed by atoms with van der Waals surface area (Å²) in [7, 11) is 1.64. The number of amides is 2. The quantitative estimate of drug-likeness (QED) is 0.566. The van der Waals surface area contributed by atoms with E-state index >= 15 is 0 Å². The Bertz CT molecular complexity index is 772. The summed E-state index contributed by atoms with van der Waals surface area (Å²) in [5.41, 5.74) is 1.82. The standard InChI is InChI=1S/C20H24N2O2S2/c1-21-19(24)18-15-10-6-3-7-11-16(15)26-20(18)22-17(23)12-13-25-14-8-4-2-5-9-14/h2,4-5,8-9H,3,6-7,10-13H2,1H3,(H,21,24)(H,22,23). The van der Waals surface area contributed by atoms with Crippen molar-refractivity contribution < 1.29 is 9.59 Å². The second-order valence-corrected chi connectivity index (χ2v) is 8.58. The van der Waals surface area contributed by atoms with Crippen LogP contribution >= 0.6 is 23.1 Å². The van der Waals surface area contributed by atoms with E-state index in [9.17, 15) is 9.59 Å². The summed E-state index contributed by atoms with van der Waals surface area (Å²) in [5.74, 6) is 0.587. The molecule has 26 heavy (non-hydrogen) atoms. The molecule has 0 fully saturated rings. The number of carbonyl (C=O) groups excluding carboxylic acids is 2. The summed E-state index contributed by atoms with van der Waals surface area (Å²) in [6.45, 7) is 0.